The molecule has 4 heteroatoms. The Labute approximate surface area is 111 Å². The van der Waals surface area contributed by atoms with Crippen LogP contribution in [-0.2, 0) is 0 Å². The van der Waals surface area contributed by atoms with Crippen LogP contribution in [0, 0.1) is 0 Å². The van der Waals surface area contributed by atoms with E-state index in [0.717, 1.165) is 22.2 Å². The average Bonchev–Trinajstić information content (AvgIpc) is 2.81. The zero-order chi connectivity index (χ0) is 13.4. The fraction of sp³-hybridized carbons (Fsp3) is 0.200. The van der Waals surface area contributed by atoms with Crippen molar-refractivity contribution in [3.8, 4) is 11.1 Å². The number of anilines is 1. The molecule has 0 radical (unpaired) electrons. The van der Waals surface area contributed by atoms with Crippen molar-refractivity contribution < 1.29 is 0 Å². The van der Waals surface area contributed by atoms with Gasteiger partial charge in [-0.1, -0.05) is 30.3 Å². The maximum atomic E-state index is 6.04. The average molecular weight is 252 g/mol. The minimum atomic E-state index is 0.328. The maximum Gasteiger partial charge on any atom is 0.146 e. The molecule has 19 heavy (non-hydrogen) atoms. The van der Waals surface area contributed by atoms with Crippen LogP contribution >= 0.6 is 0 Å². The summed E-state index contributed by atoms with van der Waals surface area (Å²) < 4.78 is 2.13. The zero-order valence-corrected chi connectivity index (χ0v) is 11.0. The van der Waals surface area contributed by atoms with Gasteiger partial charge in [-0.2, -0.15) is 0 Å². The molecule has 2 aromatic heterocycles. The topological polar surface area (TPSA) is 56.7 Å². The Bertz CT molecular complexity index is 714. The van der Waals surface area contributed by atoms with Gasteiger partial charge < -0.3 is 10.3 Å². The highest BCUT2D eigenvalue weighted by Crippen LogP contribution is 2.33. The molecule has 0 saturated heterocycles. The van der Waals surface area contributed by atoms with Gasteiger partial charge in [-0.25, -0.2) is 9.97 Å². The monoisotopic (exact) mass is 252 g/mol. The molecule has 2 heterocycles. The number of hydrogen-bond donors (Lipinski definition) is 1. The second-order valence-corrected chi connectivity index (χ2v) is 4.87. The third-order valence-corrected chi connectivity index (χ3v) is 3.28. The summed E-state index contributed by atoms with van der Waals surface area (Å²) in [4.78, 5) is 8.50. The van der Waals surface area contributed by atoms with Gasteiger partial charge in [0.1, 0.15) is 17.8 Å². The third kappa shape index (κ3) is 1.85. The number of nitrogen functional groups attached to an aromatic ring is 1. The zero-order valence-electron chi connectivity index (χ0n) is 11.0. The molecular weight excluding hydrogens is 236 g/mol. The summed E-state index contributed by atoms with van der Waals surface area (Å²) >= 11 is 0. The summed E-state index contributed by atoms with van der Waals surface area (Å²) in [5.74, 6) is 0.531. The first-order chi connectivity index (χ1) is 9.18. The number of hydrogen-bond acceptors (Lipinski definition) is 3. The van der Waals surface area contributed by atoms with Crippen molar-refractivity contribution in [2.24, 2.45) is 0 Å². The van der Waals surface area contributed by atoms with E-state index in [2.05, 4.69) is 46.7 Å². The molecule has 1 aromatic carbocycles. The van der Waals surface area contributed by atoms with Crippen molar-refractivity contribution in [1.82, 2.24) is 14.5 Å². The van der Waals surface area contributed by atoms with Gasteiger partial charge in [0, 0.05) is 17.8 Å². The van der Waals surface area contributed by atoms with Crippen molar-refractivity contribution in [2.75, 3.05) is 5.73 Å². The van der Waals surface area contributed by atoms with E-state index in [1.807, 2.05) is 18.2 Å². The summed E-state index contributed by atoms with van der Waals surface area (Å²) in [6.07, 6.45) is 3.63. The Hall–Kier alpha value is -2.36. The largest absolute Gasteiger partial charge is 0.383 e. The SMILES string of the molecule is CC(C)n1cc(-c2ccccc2)c2c(N)ncnc21. The predicted molar refractivity (Wildman–Crippen MR) is 77.8 cm³/mol. The van der Waals surface area contributed by atoms with Crippen molar-refractivity contribution in [1.29, 1.82) is 0 Å². The van der Waals surface area contributed by atoms with Crippen LogP contribution in [0.2, 0.25) is 0 Å². The molecular formula is C15H16N4. The van der Waals surface area contributed by atoms with E-state index in [1.165, 1.54) is 6.33 Å². The Morgan fingerprint density at radius 1 is 1.11 bits per heavy atom. The first-order valence-corrected chi connectivity index (χ1v) is 6.35. The molecule has 0 spiro atoms. The van der Waals surface area contributed by atoms with Gasteiger partial charge in [0.25, 0.3) is 0 Å². The molecule has 0 aliphatic rings. The Morgan fingerprint density at radius 3 is 2.53 bits per heavy atom. The lowest BCUT2D eigenvalue weighted by Crippen LogP contribution is -2.00. The third-order valence-electron chi connectivity index (χ3n) is 3.28. The van der Waals surface area contributed by atoms with Gasteiger partial charge in [0.05, 0.1) is 5.39 Å². The van der Waals surface area contributed by atoms with Gasteiger partial charge in [-0.15, -0.1) is 0 Å². The number of rotatable bonds is 2. The summed E-state index contributed by atoms with van der Waals surface area (Å²) in [5, 5.41) is 0.933. The first kappa shape index (κ1) is 11.7. The lowest BCUT2D eigenvalue weighted by molar-refractivity contribution is 0.618. The second kappa shape index (κ2) is 4.39. The number of benzene rings is 1. The lowest BCUT2D eigenvalue weighted by Gasteiger charge is -2.07. The molecule has 3 aromatic rings. The lowest BCUT2D eigenvalue weighted by atomic mass is 10.1. The van der Waals surface area contributed by atoms with E-state index in [1.54, 1.807) is 0 Å². The fourth-order valence-corrected chi connectivity index (χ4v) is 2.34. The predicted octanol–water partition coefficient (Wildman–Crippen LogP) is 3.26. The van der Waals surface area contributed by atoms with Gasteiger partial charge in [-0.05, 0) is 19.4 Å². The number of fused-ring (bicyclic) bond motifs is 1. The van der Waals surface area contributed by atoms with Crippen LogP contribution in [-0.4, -0.2) is 14.5 Å². The van der Waals surface area contributed by atoms with Crippen molar-refractivity contribution >= 4 is 16.9 Å². The van der Waals surface area contributed by atoms with E-state index in [0.29, 0.717) is 11.9 Å². The molecule has 2 N–H and O–H groups in total. The van der Waals surface area contributed by atoms with Crippen LogP contribution in [0.1, 0.15) is 19.9 Å². The van der Waals surface area contributed by atoms with Crippen LogP contribution < -0.4 is 5.73 Å². The molecule has 0 fully saturated rings. The highest BCUT2D eigenvalue weighted by Gasteiger charge is 2.15. The smallest absolute Gasteiger partial charge is 0.146 e. The van der Waals surface area contributed by atoms with Gasteiger partial charge >= 0.3 is 0 Å². The quantitative estimate of drug-likeness (QED) is 0.761. The maximum absolute atomic E-state index is 6.04. The molecule has 96 valence electrons. The summed E-state index contributed by atoms with van der Waals surface area (Å²) in [6.45, 7) is 4.26. The number of aromatic nitrogens is 3. The van der Waals surface area contributed by atoms with Crippen LogP contribution in [0.15, 0.2) is 42.9 Å². The van der Waals surface area contributed by atoms with Crippen molar-refractivity contribution in [2.45, 2.75) is 19.9 Å². The Morgan fingerprint density at radius 2 is 1.84 bits per heavy atom. The number of nitrogens with two attached hydrogens (primary N) is 1. The minimum absolute atomic E-state index is 0.328. The van der Waals surface area contributed by atoms with Crippen LogP contribution in [0.3, 0.4) is 0 Å². The van der Waals surface area contributed by atoms with Crippen molar-refractivity contribution in [3.63, 3.8) is 0 Å². The van der Waals surface area contributed by atoms with Crippen molar-refractivity contribution in [3.05, 3.63) is 42.9 Å². The van der Waals surface area contributed by atoms with Gasteiger partial charge in [0.2, 0.25) is 0 Å². The van der Waals surface area contributed by atoms with Crippen LogP contribution in [0.4, 0.5) is 5.82 Å². The molecule has 0 aliphatic carbocycles. The van der Waals surface area contributed by atoms with E-state index in [-0.39, 0.29) is 0 Å². The van der Waals surface area contributed by atoms with E-state index >= 15 is 0 Å². The summed E-state index contributed by atoms with van der Waals surface area (Å²) in [6, 6.07) is 10.5. The van der Waals surface area contributed by atoms with E-state index in [4.69, 9.17) is 5.73 Å². The Kier molecular flexibility index (Phi) is 2.71. The highest BCUT2D eigenvalue weighted by atomic mass is 15.1. The number of nitrogens with zero attached hydrogens (tertiary/aromatic N) is 3. The van der Waals surface area contributed by atoms with Gasteiger partial charge in [0.15, 0.2) is 0 Å². The molecule has 0 amide bonds. The standard InChI is InChI=1S/C15H16N4/c1-10(2)19-8-12(11-6-4-3-5-7-11)13-14(16)17-9-18-15(13)19/h3-10H,1-2H3,(H2,16,17,18). The first-order valence-electron chi connectivity index (χ1n) is 6.35. The molecule has 0 aliphatic heterocycles. The molecule has 3 rings (SSSR count). The van der Waals surface area contributed by atoms with Crippen LogP contribution in [0.5, 0.6) is 0 Å². The molecule has 0 saturated carbocycles. The van der Waals surface area contributed by atoms with Gasteiger partial charge in [-0.3, -0.25) is 0 Å². The minimum Gasteiger partial charge on any atom is -0.383 e. The van der Waals surface area contributed by atoms with E-state index in [9.17, 15) is 0 Å². The van der Waals surface area contributed by atoms with Crippen LogP contribution in [0.25, 0.3) is 22.2 Å². The second-order valence-electron chi connectivity index (χ2n) is 4.87. The molecule has 4 nitrogen and oxygen atoms in total. The van der Waals surface area contributed by atoms with E-state index < -0.39 is 0 Å². The molecule has 0 atom stereocenters. The fourth-order valence-electron chi connectivity index (χ4n) is 2.34. The molecule has 0 bridgehead atoms. The Balaban J connectivity index is 2.37. The highest BCUT2D eigenvalue weighted by molar-refractivity contribution is 6.00. The molecule has 0 unspecified atom stereocenters. The summed E-state index contributed by atoms with van der Waals surface area (Å²) in [7, 11) is 0. The normalized spacial score (nSPS) is 11.3. The summed E-state index contributed by atoms with van der Waals surface area (Å²) in [5.41, 5.74) is 9.15.